The first-order valence-electron chi connectivity index (χ1n) is 8.54. The number of hydrogen-bond acceptors (Lipinski definition) is 7. The molecule has 0 aliphatic rings. The van der Waals surface area contributed by atoms with E-state index in [1.54, 1.807) is 6.07 Å². The molecular weight excluding hydrogens is 364 g/mol. The Morgan fingerprint density at radius 1 is 1.04 bits per heavy atom. The summed E-state index contributed by atoms with van der Waals surface area (Å²) < 4.78 is 5.70. The predicted molar refractivity (Wildman–Crippen MR) is 104 cm³/mol. The molecule has 0 saturated carbocycles. The molecule has 0 spiro atoms. The van der Waals surface area contributed by atoms with E-state index in [-0.39, 0.29) is 39.4 Å². The van der Waals surface area contributed by atoms with Crippen molar-refractivity contribution in [3.8, 4) is 34.3 Å². The van der Waals surface area contributed by atoms with Gasteiger partial charge >= 0.3 is 0 Å². The third kappa shape index (κ3) is 3.39. The second-order valence-corrected chi connectivity index (χ2v) is 6.72. The number of benzene rings is 2. The van der Waals surface area contributed by atoms with Crippen LogP contribution < -0.4 is 5.43 Å². The highest BCUT2D eigenvalue weighted by Crippen LogP contribution is 2.38. The number of aromatic hydroxyl groups is 4. The van der Waals surface area contributed by atoms with Gasteiger partial charge in [0.05, 0.1) is 12.2 Å². The Balaban J connectivity index is 2.32. The van der Waals surface area contributed by atoms with Gasteiger partial charge in [0.25, 0.3) is 0 Å². The number of rotatable bonds is 4. The smallest absolute Gasteiger partial charge is 0.202 e. The van der Waals surface area contributed by atoms with E-state index in [2.05, 4.69) is 0 Å². The Kier molecular flexibility index (Phi) is 5.02. The largest absolute Gasteiger partial charge is 0.508 e. The normalized spacial score (nSPS) is 11.0. The molecule has 3 rings (SSSR count). The predicted octanol–water partition coefficient (Wildman–Crippen LogP) is 3.28. The zero-order chi connectivity index (χ0) is 20.6. The molecule has 0 saturated heterocycles. The van der Waals surface area contributed by atoms with Gasteiger partial charge < -0.3 is 29.9 Å². The maximum absolute atomic E-state index is 12.8. The molecule has 0 unspecified atom stereocenters. The van der Waals surface area contributed by atoms with Gasteiger partial charge in [-0.1, -0.05) is 11.6 Å². The van der Waals surface area contributed by atoms with Crippen molar-refractivity contribution < 1.29 is 29.9 Å². The standard InChI is InChI=1S/C21H20O7/c1-10(2)3-4-11-5-12(6-16(25)19(11)26)21-14(9-22)20(27)18-15(24)7-13(23)8-17(18)28-21/h3,5-8,22-26H,4,9H2,1-2H3. The van der Waals surface area contributed by atoms with Gasteiger partial charge in [0.2, 0.25) is 5.43 Å². The highest BCUT2D eigenvalue weighted by atomic mass is 16.3. The van der Waals surface area contributed by atoms with Crippen LogP contribution in [0, 0.1) is 0 Å². The lowest BCUT2D eigenvalue weighted by atomic mass is 9.99. The number of hydrogen-bond donors (Lipinski definition) is 5. The zero-order valence-electron chi connectivity index (χ0n) is 15.4. The fourth-order valence-corrected chi connectivity index (χ4v) is 2.98. The lowest BCUT2D eigenvalue weighted by molar-refractivity contribution is 0.278. The van der Waals surface area contributed by atoms with Crippen molar-refractivity contribution in [3.63, 3.8) is 0 Å². The minimum absolute atomic E-state index is 0.0289. The average Bonchev–Trinajstić information content (AvgIpc) is 2.61. The molecule has 1 aromatic heterocycles. The van der Waals surface area contributed by atoms with Gasteiger partial charge in [0, 0.05) is 23.3 Å². The van der Waals surface area contributed by atoms with Crippen molar-refractivity contribution in [3.05, 3.63) is 57.3 Å². The van der Waals surface area contributed by atoms with E-state index in [4.69, 9.17) is 4.42 Å². The SMILES string of the molecule is CC(C)=CCc1cc(-c2oc3cc(O)cc(O)c3c(=O)c2CO)cc(O)c1O. The molecule has 1 heterocycles. The number of phenols is 4. The van der Waals surface area contributed by atoms with Gasteiger partial charge in [-0.3, -0.25) is 4.79 Å². The second kappa shape index (κ2) is 7.28. The molecule has 3 aromatic rings. The molecule has 5 N–H and O–H groups in total. The average molecular weight is 384 g/mol. The summed E-state index contributed by atoms with van der Waals surface area (Å²) in [5, 5.41) is 49.4. The second-order valence-electron chi connectivity index (χ2n) is 6.72. The van der Waals surface area contributed by atoms with Crippen molar-refractivity contribution >= 4 is 11.0 Å². The quantitative estimate of drug-likeness (QED) is 0.344. The summed E-state index contributed by atoms with van der Waals surface area (Å²) in [6.07, 6.45) is 2.20. The molecule has 0 aliphatic heterocycles. The summed E-state index contributed by atoms with van der Waals surface area (Å²) in [6.45, 7) is 3.12. The van der Waals surface area contributed by atoms with Gasteiger partial charge in [0.1, 0.15) is 28.2 Å². The van der Waals surface area contributed by atoms with Crippen LogP contribution in [0.15, 0.2) is 45.1 Å². The Hall–Kier alpha value is -3.45. The van der Waals surface area contributed by atoms with Gasteiger partial charge in [-0.25, -0.2) is 0 Å². The van der Waals surface area contributed by atoms with Crippen LogP contribution in [-0.4, -0.2) is 25.5 Å². The molecular formula is C21H20O7. The molecule has 0 bridgehead atoms. The van der Waals surface area contributed by atoms with E-state index in [0.29, 0.717) is 12.0 Å². The summed E-state index contributed by atoms with van der Waals surface area (Å²) in [6, 6.07) is 4.93. The summed E-state index contributed by atoms with van der Waals surface area (Å²) in [4.78, 5) is 12.8. The van der Waals surface area contributed by atoms with E-state index >= 15 is 0 Å². The molecule has 0 aliphatic carbocycles. The first-order valence-corrected chi connectivity index (χ1v) is 8.54. The zero-order valence-corrected chi connectivity index (χ0v) is 15.4. The van der Waals surface area contributed by atoms with Gasteiger partial charge in [-0.15, -0.1) is 0 Å². The number of aliphatic hydroxyl groups is 1. The van der Waals surface area contributed by atoms with Gasteiger partial charge in [0.15, 0.2) is 11.5 Å². The molecule has 2 aromatic carbocycles. The molecule has 7 heteroatoms. The van der Waals surface area contributed by atoms with E-state index < -0.39 is 23.5 Å². The van der Waals surface area contributed by atoms with Crippen LogP contribution in [0.2, 0.25) is 0 Å². The van der Waals surface area contributed by atoms with E-state index in [0.717, 1.165) is 11.6 Å². The van der Waals surface area contributed by atoms with Crippen LogP contribution in [0.1, 0.15) is 25.0 Å². The fraction of sp³-hybridized carbons (Fsp3) is 0.190. The summed E-state index contributed by atoms with van der Waals surface area (Å²) in [5.74, 6) is -1.49. The molecule has 146 valence electrons. The minimum Gasteiger partial charge on any atom is -0.508 e. The Labute approximate surface area is 160 Å². The lowest BCUT2D eigenvalue weighted by Crippen LogP contribution is -2.11. The van der Waals surface area contributed by atoms with Crippen molar-refractivity contribution in [1.82, 2.24) is 0 Å². The van der Waals surface area contributed by atoms with Crippen LogP contribution in [0.4, 0.5) is 0 Å². The molecule has 0 amide bonds. The highest BCUT2D eigenvalue weighted by molar-refractivity contribution is 5.87. The molecule has 0 atom stereocenters. The maximum Gasteiger partial charge on any atom is 0.202 e. The first-order chi connectivity index (χ1) is 13.2. The number of aliphatic hydroxyl groups excluding tert-OH is 1. The molecule has 0 fully saturated rings. The van der Waals surface area contributed by atoms with Crippen LogP contribution >= 0.6 is 0 Å². The third-order valence-electron chi connectivity index (χ3n) is 4.37. The molecule has 7 nitrogen and oxygen atoms in total. The van der Waals surface area contributed by atoms with Crippen LogP contribution in [0.25, 0.3) is 22.3 Å². The van der Waals surface area contributed by atoms with Crippen molar-refractivity contribution in [2.45, 2.75) is 26.9 Å². The monoisotopic (exact) mass is 384 g/mol. The Morgan fingerprint density at radius 2 is 1.75 bits per heavy atom. The van der Waals surface area contributed by atoms with E-state index in [9.17, 15) is 30.3 Å². The summed E-state index contributed by atoms with van der Waals surface area (Å²) in [7, 11) is 0. The molecule has 28 heavy (non-hydrogen) atoms. The Bertz CT molecular complexity index is 1150. The molecule has 0 radical (unpaired) electrons. The summed E-state index contributed by atoms with van der Waals surface area (Å²) in [5.41, 5.74) is 0.831. The number of phenolic OH excluding ortho intramolecular Hbond substituents is 4. The van der Waals surface area contributed by atoms with Gasteiger partial charge in [-0.2, -0.15) is 0 Å². The minimum atomic E-state index is -0.668. The van der Waals surface area contributed by atoms with Crippen molar-refractivity contribution in [2.75, 3.05) is 0 Å². The van der Waals surface area contributed by atoms with E-state index in [1.807, 2.05) is 19.9 Å². The lowest BCUT2D eigenvalue weighted by Gasteiger charge is -2.12. The van der Waals surface area contributed by atoms with Crippen LogP contribution in [-0.2, 0) is 13.0 Å². The maximum atomic E-state index is 12.8. The third-order valence-corrected chi connectivity index (χ3v) is 4.37. The highest BCUT2D eigenvalue weighted by Gasteiger charge is 2.20. The van der Waals surface area contributed by atoms with Crippen molar-refractivity contribution in [2.24, 2.45) is 0 Å². The van der Waals surface area contributed by atoms with Crippen molar-refractivity contribution in [1.29, 1.82) is 0 Å². The van der Waals surface area contributed by atoms with Gasteiger partial charge in [-0.05, 0) is 32.4 Å². The van der Waals surface area contributed by atoms with E-state index in [1.165, 1.54) is 12.1 Å². The fourth-order valence-electron chi connectivity index (χ4n) is 2.98. The summed E-state index contributed by atoms with van der Waals surface area (Å²) >= 11 is 0. The Morgan fingerprint density at radius 3 is 2.39 bits per heavy atom. The number of allylic oxidation sites excluding steroid dienone is 2. The topological polar surface area (TPSA) is 131 Å². The first kappa shape index (κ1) is 19.3. The number of fused-ring (bicyclic) bond motifs is 1. The van der Waals surface area contributed by atoms with Crippen LogP contribution in [0.3, 0.4) is 0 Å². The van der Waals surface area contributed by atoms with Crippen LogP contribution in [0.5, 0.6) is 23.0 Å².